The van der Waals surface area contributed by atoms with Gasteiger partial charge in [0.05, 0.1) is 11.3 Å². The standard InChI is InChI=1S/C20H28ClN3O2/c1-15-6-2-3-11-23(15)12-5-10-22-20(26)17-9-8-16(21)14-18(17)24-13-4-7-19(24)25/h8-9,14-15H,2-7,10-13H2,1H3,(H,22,26)/t15-/m1/s1. The SMILES string of the molecule is C[C@@H]1CCCCN1CCCNC(=O)c1ccc(Cl)cc1N1CCCC1=O. The largest absolute Gasteiger partial charge is 0.352 e. The van der Waals surface area contributed by atoms with Crippen molar-refractivity contribution in [2.24, 2.45) is 0 Å². The smallest absolute Gasteiger partial charge is 0.253 e. The van der Waals surface area contributed by atoms with Crippen LogP contribution in [0, 0.1) is 0 Å². The van der Waals surface area contributed by atoms with Gasteiger partial charge >= 0.3 is 0 Å². The van der Waals surface area contributed by atoms with E-state index in [4.69, 9.17) is 11.6 Å². The highest BCUT2D eigenvalue weighted by Gasteiger charge is 2.26. The molecule has 1 aromatic carbocycles. The van der Waals surface area contributed by atoms with Gasteiger partial charge in [-0.3, -0.25) is 9.59 Å². The molecule has 0 saturated carbocycles. The lowest BCUT2D eigenvalue weighted by atomic mass is 10.0. The average Bonchev–Trinajstić information content (AvgIpc) is 3.05. The second-order valence-electron chi connectivity index (χ2n) is 7.30. The summed E-state index contributed by atoms with van der Waals surface area (Å²) in [6.45, 7) is 5.74. The molecule has 0 bridgehead atoms. The molecule has 0 aliphatic carbocycles. The Hall–Kier alpha value is -1.59. The molecule has 1 aromatic rings. The van der Waals surface area contributed by atoms with Gasteiger partial charge in [-0.05, 0) is 57.4 Å². The topological polar surface area (TPSA) is 52.7 Å². The van der Waals surface area contributed by atoms with Crippen LogP contribution in [0.4, 0.5) is 5.69 Å². The summed E-state index contributed by atoms with van der Waals surface area (Å²) in [6, 6.07) is 5.78. The van der Waals surface area contributed by atoms with Crippen molar-refractivity contribution in [2.45, 2.75) is 51.5 Å². The van der Waals surface area contributed by atoms with Crippen LogP contribution in [0.1, 0.15) is 55.8 Å². The van der Waals surface area contributed by atoms with Crippen LogP contribution in [0.2, 0.25) is 5.02 Å². The maximum atomic E-state index is 12.6. The third kappa shape index (κ3) is 4.57. The van der Waals surface area contributed by atoms with Gasteiger partial charge in [0.2, 0.25) is 5.91 Å². The molecule has 3 rings (SSSR count). The highest BCUT2D eigenvalue weighted by atomic mass is 35.5. The number of nitrogens with one attached hydrogen (secondary N) is 1. The first-order valence-corrected chi connectivity index (χ1v) is 10.1. The maximum absolute atomic E-state index is 12.6. The third-order valence-corrected chi connectivity index (χ3v) is 5.65. The van der Waals surface area contributed by atoms with Crippen LogP contribution in [0.15, 0.2) is 18.2 Å². The number of piperidine rings is 1. The predicted octanol–water partition coefficient (Wildman–Crippen LogP) is 3.46. The first kappa shape index (κ1) is 19.2. The summed E-state index contributed by atoms with van der Waals surface area (Å²) < 4.78 is 0. The van der Waals surface area contributed by atoms with Crippen molar-refractivity contribution < 1.29 is 9.59 Å². The Morgan fingerprint density at radius 3 is 2.85 bits per heavy atom. The van der Waals surface area contributed by atoms with Crippen LogP contribution in [-0.2, 0) is 4.79 Å². The maximum Gasteiger partial charge on any atom is 0.253 e. The molecular weight excluding hydrogens is 350 g/mol. The van der Waals surface area contributed by atoms with Crippen LogP contribution in [0.25, 0.3) is 0 Å². The van der Waals surface area contributed by atoms with E-state index in [0.29, 0.717) is 41.8 Å². The van der Waals surface area contributed by atoms with Gasteiger partial charge in [0.25, 0.3) is 5.91 Å². The zero-order valence-electron chi connectivity index (χ0n) is 15.5. The van der Waals surface area contributed by atoms with Gasteiger partial charge in [-0.2, -0.15) is 0 Å². The second kappa shape index (κ2) is 8.87. The molecule has 0 unspecified atom stereocenters. The minimum Gasteiger partial charge on any atom is -0.352 e. The van der Waals surface area contributed by atoms with Crippen molar-refractivity contribution in [3.8, 4) is 0 Å². The van der Waals surface area contributed by atoms with E-state index in [0.717, 1.165) is 25.9 Å². The zero-order chi connectivity index (χ0) is 18.5. The lowest BCUT2D eigenvalue weighted by Gasteiger charge is -2.33. The molecule has 0 aromatic heterocycles. The average molecular weight is 378 g/mol. The molecule has 26 heavy (non-hydrogen) atoms. The number of hydrogen-bond acceptors (Lipinski definition) is 3. The number of halogens is 1. The molecule has 0 radical (unpaired) electrons. The Labute approximate surface area is 160 Å². The van der Waals surface area contributed by atoms with E-state index in [2.05, 4.69) is 17.1 Å². The van der Waals surface area contributed by atoms with Gasteiger partial charge in [-0.15, -0.1) is 0 Å². The minimum atomic E-state index is -0.136. The molecule has 2 aliphatic heterocycles. The molecule has 2 heterocycles. The Bertz CT molecular complexity index is 664. The van der Waals surface area contributed by atoms with E-state index < -0.39 is 0 Å². The van der Waals surface area contributed by atoms with Crippen molar-refractivity contribution in [3.05, 3.63) is 28.8 Å². The van der Waals surface area contributed by atoms with Crippen molar-refractivity contribution in [2.75, 3.05) is 31.1 Å². The van der Waals surface area contributed by atoms with Crippen molar-refractivity contribution >= 4 is 29.1 Å². The van der Waals surface area contributed by atoms with Crippen molar-refractivity contribution in [1.29, 1.82) is 0 Å². The van der Waals surface area contributed by atoms with E-state index in [9.17, 15) is 9.59 Å². The summed E-state index contributed by atoms with van der Waals surface area (Å²) in [4.78, 5) is 28.9. The van der Waals surface area contributed by atoms with Crippen molar-refractivity contribution in [1.82, 2.24) is 10.2 Å². The Morgan fingerprint density at radius 1 is 1.27 bits per heavy atom. The molecule has 1 N–H and O–H groups in total. The third-order valence-electron chi connectivity index (χ3n) is 5.42. The fourth-order valence-electron chi connectivity index (χ4n) is 3.89. The van der Waals surface area contributed by atoms with Gasteiger partial charge < -0.3 is 15.1 Å². The van der Waals surface area contributed by atoms with E-state index >= 15 is 0 Å². The summed E-state index contributed by atoms with van der Waals surface area (Å²) >= 11 is 6.10. The number of anilines is 1. The van der Waals surface area contributed by atoms with Crippen LogP contribution in [0.5, 0.6) is 0 Å². The lowest BCUT2D eigenvalue weighted by Crippen LogP contribution is -2.39. The van der Waals surface area contributed by atoms with Gasteiger partial charge in [0.15, 0.2) is 0 Å². The highest BCUT2D eigenvalue weighted by Crippen LogP contribution is 2.28. The lowest BCUT2D eigenvalue weighted by molar-refractivity contribution is -0.117. The van der Waals surface area contributed by atoms with Crippen LogP contribution >= 0.6 is 11.6 Å². The Kier molecular flexibility index (Phi) is 6.54. The molecule has 6 heteroatoms. The Balaban J connectivity index is 1.57. The quantitative estimate of drug-likeness (QED) is 0.772. The zero-order valence-corrected chi connectivity index (χ0v) is 16.2. The number of rotatable bonds is 6. The van der Waals surface area contributed by atoms with Gasteiger partial charge in [0, 0.05) is 37.1 Å². The van der Waals surface area contributed by atoms with E-state index in [-0.39, 0.29) is 11.8 Å². The predicted molar refractivity (Wildman–Crippen MR) is 105 cm³/mol. The number of benzene rings is 1. The van der Waals surface area contributed by atoms with Crippen LogP contribution in [-0.4, -0.2) is 48.9 Å². The number of likely N-dealkylation sites (tertiary alicyclic amines) is 1. The number of nitrogens with zero attached hydrogens (tertiary/aromatic N) is 2. The van der Waals surface area contributed by atoms with Crippen LogP contribution in [0.3, 0.4) is 0 Å². The number of carbonyl (C=O) groups is 2. The molecule has 1 atom stereocenters. The normalized spacial score (nSPS) is 21.2. The molecule has 2 amide bonds. The van der Waals surface area contributed by atoms with Gasteiger partial charge in [-0.1, -0.05) is 18.0 Å². The number of amides is 2. The fourth-order valence-corrected chi connectivity index (χ4v) is 4.06. The molecule has 142 valence electrons. The first-order chi connectivity index (χ1) is 12.6. The number of carbonyl (C=O) groups excluding carboxylic acids is 2. The number of hydrogen-bond donors (Lipinski definition) is 1. The summed E-state index contributed by atoms with van der Waals surface area (Å²) in [5.74, 6) is -0.0801. The summed E-state index contributed by atoms with van der Waals surface area (Å²) in [5, 5.41) is 3.54. The molecular formula is C20H28ClN3O2. The van der Waals surface area contributed by atoms with Gasteiger partial charge in [0.1, 0.15) is 0 Å². The molecule has 2 fully saturated rings. The second-order valence-corrected chi connectivity index (χ2v) is 7.74. The summed E-state index contributed by atoms with van der Waals surface area (Å²) in [7, 11) is 0. The molecule has 2 aliphatic rings. The summed E-state index contributed by atoms with van der Waals surface area (Å²) in [5.41, 5.74) is 1.15. The van der Waals surface area contributed by atoms with Gasteiger partial charge in [-0.25, -0.2) is 0 Å². The monoisotopic (exact) mass is 377 g/mol. The fraction of sp³-hybridized carbons (Fsp3) is 0.600. The highest BCUT2D eigenvalue weighted by molar-refractivity contribution is 6.31. The minimum absolute atomic E-state index is 0.0559. The van der Waals surface area contributed by atoms with Crippen LogP contribution < -0.4 is 10.2 Å². The van der Waals surface area contributed by atoms with E-state index in [1.54, 1.807) is 23.1 Å². The first-order valence-electron chi connectivity index (χ1n) is 9.68. The Morgan fingerprint density at radius 2 is 2.12 bits per heavy atom. The summed E-state index contributed by atoms with van der Waals surface area (Å²) in [6.07, 6.45) is 6.14. The molecule has 0 spiro atoms. The molecule has 5 nitrogen and oxygen atoms in total. The van der Waals surface area contributed by atoms with E-state index in [1.807, 2.05) is 0 Å². The van der Waals surface area contributed by atoms with Crippen molar-refractivity contribution in [3.63, 3.8) is 0 Å². The molecule has 2 saturated heterocycles. The van der Waals surface area contributed by atoms with E-state index in [1.165, 1.54) is 19.3 Å².